The second-order valence-corrected chi connectivity index (χ2v) is 9.80. The van der Waals surface area contributed by atoms with Crippen molar-refractivity contribution in [3.05, 3.63) is 93.5 Å². The number of nitro benzene ring substituents is 1. The summed E-state index contributed by atoms with van der Waals surface area (Å²) in [4.78, 5) is 43.0. The molecule has 2 heterocycles. The van der Waals surface area contributed by atoms with Gasteiger partial charge in [0.25, 0.3) is 17.5 Å². The molecule has 2 aliphatic heterocycles. The van der Waals surface area contributed by atoms with Crippen molar-refractivity contribution in [2.75, 3.05) is 54.4 Å². The van der Waals surface area contributed by atoms with Crippen molar-refractivity contribution in [2.45, 2.75) is 19.8 Å². The van der Waals surface area contributed by atoms with E-state index in [9.17, 15) is 19.7 Å². The highest BCUT2D eigenvalue weighted by molar-refractivity contribution is 6.05. The molecule has 0 radical (unpaired) electrons. The topological polar surface area (TPSA) is 99.0 Å². The number of piperazine rings is 1. The zero-order chi connectivity index (χ0) is 26.6. The molecule has 0 aromatic heterocycles. The number of hydrogen-bond donors (Lipinski definition) is 1. The van der Waals surface area contributed by atoms with Gasteiger partial charge in [-0.05, 0) is 68.3 Å². The summed E-state index contributed by atoms with van der Waals surface area (Å²) in [7, 11) is 0. The first-order valence-electron chi connectivity index (χ1n) is 12.9. The minimum absolute atomic E-state index is 0.0464. The van der Waals surface area contributed by atoms with Crippen LogP contribution in [-0.2, 0) is 0 Å². The predicted molar refractivity (Wildman–Crippen MR) is 148 cm³/mol. The van der Waals surface area contributed by atoms with E-state index in [1.807, 2.05) is 65.3 Å². The smallest absolute Gasteiger partial charge is 0.293 e. The van der Waals surface area contributed by atoms with Gasteiger partial charge in [-0.2, -0.15) is 0 Å². The van der Waals surface area contributed by atoms with Crippen molar-refractivity contribution in [1.82, 2.24) is 4.90 Å². The Morgan fingerprint density at radius 1 is 0.789 bits per heavy atom. The summed E-state index contributed by atoms with van der Waals surface area (Å²) in [5, 5.41) is 14.5. The molecule has 0 saturated carbocycles. The number of benzene rings is 3. The largest absolute Gasteiger partial charge is 0.368 e. The number of aryl methyl sites for hydroxylation is 1. The lowest BCUT2D eigenvalue weighted by atomic mass is 10.1. The Morgan fingerprint density at radius 2 is 1.42 bits per heavy atom. The molecule has 2 saturated heterocycles. The molecule has 9 nitrogen and oxygen atoms in total. The van der Waals surface area contributed by atoms with Gasteiger partial charge in [0.2, 0.25) is 0 Å². The average Bonchev–Trinajstić information content (AvgIpc) is 3.48. The number of hydrogen-bond acceptors (Lipinski definition) is 6. The van der Waals surface area contributed by atoms with Crippen LogP contribution in [0.25, 0.3) is 0 Å². The molecule has 0 bridgehead atoms. The summed E-state index contributed by atoms with van der Waals surface area (Å²) in [5.74, 6) is -0.339. The Bertz CT molecular complexity index is 1330. The Hall–Kier alpha value is -4.40. The van der Waals surface area contributed by atoms with Gasteiger partial charge in [0.1, 0.15) is 5.69 Å². The molecule has 9 heteroatoms. The van der Waals surface area contributed by atoms with E-state index < -0.39 is 10.8 Å². The van der Waals surface area contributed by atoms with Crippen molar-refractivity contribution in [3.8, 4) is 0 Å². The molecule has 3 aromatic rings. The molecule has 1 N–H and O–H groups in total. The summed E-state index contributed by atoms with van der Waals surface area (Å²) in [6.07, 6.45) is 2.02. The van der Waals surface area contributed by atoms with Gasteiger partial charge in [0.15, 0.2) is 0 Å². The highest BCUT2D eigenvalue weighted by atomic mass is 16.6. The third-order valence-corrected chi connectivity index (χ3v) is 7.24. The number of nitrogens with zero attached hydrogens (tertiary/aromatic N) is 4. The van der Waals surface area contributed by atoms with Gasteiger partial charge in [0.05, 0.1) is 4.92 Å². The lowest BCUT2D eigenvalue weighted by Crippen LogP contribution is -2.48. The lowest BCUT2D eigenvalue weighted by Gasteiger charge is -2.36. The standard InChI is InChI=1S/C29H31N5O4/c1-21-4-6-22(7-5-21)29(36)33-18-16-31(17-19-33)25-11-9-24(10-12-25)30-28(35)23-8-13-26(27(20-23)34(37)38)32-14-2-3-15-32/h4-13,20H,2-3,14-19H2,1H3,(H,30,35). The number of carbonyl (C=O) groups excluding carboxylic acids is 2. The van der Waals surface area contributed by atoms with Crippen molar-refractivity contribution in [3.63, 3.8) is 0 Å². The van der Waals surface area contributed by atoms with Crippen LogP contribution in [0.1, 0.15) is 39.1 Å². The van der Waals surface area contributed by atoms with E-state index in [1.54, 1.807) is 12.1 Å². The van der Waals surface area contributed by atoms with Gasteiger partial charge in [-0.25, -0.2) is 0 Å². The molecular formula is C29H31N5O4. The van der Waals surface area contributed by atoms with Crippen molar-refractivity contribution in [2.24, 2.45) is 0 Å². The molecule has 3 aromatic carbocycles. The summed E-state index contributed by atoms with van der Waals surface area (Å²) in [6.45, 7) is 6.29. The van der Waals surface area contributed by atoms with Crippen LogP contribution in [0.2, 0.25) is 0 Å². The molecule has 0 aliphatic carbocycles. The first-order chi connectivity index (χ1) is 18.4. The van der Waals surface area contributed by atoms with Crippen LogP contribution in [0.4, 0.5) is 22.7 Å². The van der Waals surface area contributed by atoms with E-state index in [1.165, 1.54) is 6.07 Å². The van der Waals surface area contributed by atoms with E-state index >= 15 is 0 Å². The number of nitrogens with one attached hydrogen (secondary N) is 1. The molecular weight excluding hydrogens is 482 g/mol. The second-order valence-electron chi connectivity index (χ2n) is 9.80. The zero-order valence-electron chi connectivity index (χ0n) is 21.4. The maximum Gasteiger partial charge on any atom is 0.293 e. The Kier molecular flexibility index (Phi) is 7.26. The van der Waals surface area contributed by atoms with E-state index in [4.69, 9.17) is 0 Å². The second kappa shape index (κ2) is 10.9. The number of anilines is 3. The predicted octanol–water partition coefficient (Wildman–Crippen LogP) is 4.72. The fourth-order valence-corrected chi connectivity index (χ4v) is 5.04. The quantitative estimate of drug-likeness (QED) is 0.378. The summed E-state index contributed by atoms with van der Waals surface area (Å²) < 4.78 is 0. The highest BCUT2D eigenvalue weighted by Crippen LogP contribution is 2.32. The average molecular weight is 514 g/mol. The van der Waals surface area contributed by atoms with E-state index in [-0.39, 0.29) is 17.2 Å². The van der Waals surface area contributed by atoms with E-state index in [0.717, 1.165) is 50.3 Å². The molecule has 196 valence electrons. The Balaban J connectivity index is 1.19. The molecule has 2 aliphatic rings. The third-order valence-electron chi connectivity index (χ3n) is 7.24. The molecule has 38 heavy (non-hydrogen) atoms. The maximum absolute atomic E-state index is 12.8. The maximum atomic E-state index is 12.8. The van der Waals surface area contributed by atoms with E-state index in [0.29, 0.717) is 30.0 Å². The monoisotopic (exact) mass is 513 g/mol. The Labute approximate surface area is 221 Å². The normalized spacial score (nSPS) is 15.4. The number of amides is 2. The van der Waals surface area contributed by atoms with Crippen molar-refractivity contribution in [1.29, 1.82) is 0 Å². The number of carbonyl (C=O) groups is 2. The summed E-state index contributed by atoms with van der Waals surface area (Å²) >= 11 is 0. The zero-order valence-corrected chi connectivity index (χ0v) is 21.4. The first-order valence-corrected chi connectivity index (χ1v) is 12.9. The van der Waals surface area contributed by atoms with Gasteiger partial charge in [0, 0.05) is 67.8 Å². The van der Waals surface area contributed by atoms with Gasteiger partial charge in [-0.15, -0.1) is 0 Å². The first kappa shape index (κ1) is 25.3. The summed E-state index contributed by atoms with van der Waals surface area (Å²) in [6, 6.07) is 19.8. The van der Waals surface area contributed by atoms with Crippen LogP contribution >= 0.6 is 0 Å². The Morgan fingerprint density at radius 3 is 2.05 bits per heavy atom. The van der Waals surface area contributed by atoms with Crippen LogP contribution < -0.4 is 15.1 Å². The van der Waals surface area contributed by atoms with Crippen molar-refractivity contribution < 1.29 is 14.5 Å². The van der Waals surface area contributed by atoms with Crippen LogP contribution in [-0.4, -0.2) is 60.9 Å². The minimum Gasteiger partial charge on any atom is -0.368 e. The molecule has 0 atom stereocenters. The molecule has 2 amide bonds. The van der Waals surface area contributed by atoms with Gasteiger partial charge >= 0.3 is 0 Å². The number of nitro groups is 1. The minimum atomic E-state index is -0.423. The van der Waals surface area contributed by atoms with Crippen LogP contribution in [0, 0.1) is 17.0 Å². The molecule has 5 rings (SSSR count). The van der Waals surface area contributed by atoms with E-state index in [2.05, 4.69) is 10.2 Å². The van der Waals surface area contributed by atoms with Crippen molar-refractivity contribution >= 4 is 34.6 Å². The van der Waals surface area contributed by atoms with Crippen LogP contribution in [0.3, 0.4) is 0 Å². The fraction of sp³-hybridized carbons (Fsp3) is 0.310. The third kappa shape index (κ3) is 5.46. The highest BCUT2D eigenvalue weighted by Gasteiger charge is 2.25. The molecule has 0 unspecified atom stereocenters. The van der Waals surface area contributed by atoms with Crippen LogP contribution in [0.5, 0.6) is 0 Å². The number of rotatable bonds is 6. The molecule has 2 fully saturated rings. The van der Waals surface area contributed by atoms with Gasteiger partial charge in [-0.3, -0.25) is 19.7 Å². The van der Waals surface area contributed by atoms with Gasteiger partial charge in [-0.1, -0.05) is 17.7 Å². The SMILES string of the molecule is Cc1ccc(C(=O)N2CCN(c3ccc(NC(=O)c4ccc(N5CCCC5)c([N+](=O)[O-])c4)cc3)CC2)cc1. The van der Waals surface area contributed by atoms with Gasteiger partial charge < -0.3 is 20.0 Å². The fourth-order valence-electron chi connectivity index (χ4n) is 5.04. The lowest BCUT2D eigenvalue weighted by molar-refractivity contribution is -0.384. The summed E-state index contributed by atoms with van der Waals surface area (Å²) in [5.41, 5.74) is 4.22. The van der Waals surface area contributed by atoms with Crippen LogP contribution in [0.15, 0.2) is 66.7 Å². The molecule has 0 spiro atoms.